The minimum atomic E-state index is -0.602. The summed E-state index contributed by atoms with van der Waals surface area (Å²) < 4.78 is 11.0. The molecule has 0 spiro atoms. The summed E-state index contributed by atoms with van der Waals surface area (Å²) >= 11 is 0. The van der Waals surface area contributed by atoms with Gasteiger partial charge in [-0.15, -0.1) is 0 Å². The maximum atomic E-state index is 12.1. The van der Waals surface area contributed by atoms with Gasteiger partial charge in [-0.2, -0.15) is 0 Å². The van der Waals surface area contributed by atoms with E-state index in [9.17, 15) is 9.59 Å². The third-order valence-electron chi connectivity index (χ3n) is 5.74. The van der Waals surface area contributed by atoms with Gasteiger partial charge >= 0.3 is 6.09 Å². The van der Waals surface area contributed by atoms with E-state index in [-0.39, 0.29) is 37.8 Å². The van der Waals surface area contributed by atoms with Gasteiger partial charge in [0.1, 0.15) is 19.9 Å². The fourth-order valence-corrected chi connectivity index (χ4v) is 4.02. The molecule has 1 atom stereocenters. The average Bonchev–Trinajstić information content (AvgIpc) is 3.51. The number of amides is 2. The standard InChI is InChI=1S/C24H28N2O4/c1-16(12-17-10-11-17)30-15-26-23(27)13-25-24(28)29-14-22-20-8-4-2-6-18(20)19-7-3-5-9-21(19)22/h2-9,16-17,22H,10-15H2,1H3,(H,25,28)(H,26,27). The molecule has 1 saturated carbocycles. The minimum Gasteiger partial charge on any atom is -0.449 e. The van der Waals surface area contributed by atoms with Gasteiger partial charge in [-0.25, -0.2) is 4.79 Å². The third kappa shape index (κ3) is 5.00. The molecule has 6 nitrogen and oxygen atoms in total. The lowest BCUT2D eigenvalue weighted by Crippen LogP contribution is -2.39. The third-order valence-corrected chi connectivity index (χ3v) is 5.74. The van der Waals surface area contributed by atoms with Crippen LogP contribution in [0.5, 0.6) is 0 Å². The number of hydrogen-bond donors (Lipinski definition) is 2. The molecule has 0 aromatic heterocycles. The Kier molecular flexibility index (Phi) is 6.33. The van der Waals surface area contributed by atoms with Gasteiger partial charge in [-0.3, -0.25) is 4.79 Å². The SMILES string of the molecule is CC(CC1CC1)OCNC(=O)CNC(=O)OCC1c2ccccc2-c2ccccc21. The summed E-state index contributed by atoms with van der Waals surface area (Å²) in [5.41, 5.74) is 4.67. The number of ether oxygens (including phenoxy) is 2. The Bertz CT molecular complexity index is 864. The van der Waals surface area contributed by atoms with Gasteiger partial charge in [-0.1, -0.05) is 61.4 Å². The molecule has 158 valence electrons. The fraction of sp³-hybridized carbons (Fsp3) is 0.417. The zero-order valence-corrected chi connectivity index (χ0v) is 17.2. The van der Waals surface area contributed by atoms with Gasteiger partial charge in [0.15, 0.2) is 0 Å². The van der Waals surface area contributed by atoms with E-state index in [1.165, 1.54) is 24.0 Å². The Morgan fingerprint density at radius 2 is 1.63 bits per heavy atom. The van der Waals surface area contributed by atoms with Gasteiger partial charge < -0.3 is 20.1 Å². The van der Waals surface area contributed by atoms with Crippen molar-refractivity contribution >= 4 is 12.0 Å². The largest absolute Gasteiger partial charge is 0.449 e. The quantitative estimate of drug-likeness (QED) is 0.619. The van der Waals surface area contributed by atoms with Crippen LogP contribution in [-0.4, -0.2) is 38.0 Å². The van der Waals surface area contributed by atoms with Crippen molar-refractivity contribution in [3.8, 4) is 11.1 Å². The highest BCUT2D eigenvalue weighted by Crippen LogP contribution is 2.44. The summed E-state index contributed by atoms with van der Waals surface area (Å²) in [6, 6.07) is 16.3. The van der Waals surface area contributed by atoms with Crippen molar-refractivity contribution in [2.45, 2.75) is 38.2 Å². The number of fused-ring (bicyclic) bond motifs is 3. The molecule has 1 unspecified atom stereocenters. The van der Waals surface area contributed by atoms with Crippen LogP contribution < -0.4 is 10.6 Å². The molecule has 1 fully saturated rings. The highest BCUT2D eigenvalue weighted by Gasteiger charge is 2.29. The number of benzene rings is 2. The van der Waals surface area contributed by atoms with Gasteiger partial charge in [-0.05, 0) is 41.5 Å². The molecule has 2 aromatic rings. The van der Waals surface area contributed by atoms with Gasteiger partial charge in [0.25, 0.3) is 0 Å². The predicted octanol–water partition coefficient (Wildman–Crippen LogP) is 3.80. The van der Waals surface area contributed by atoms with Gasteiger partial charge in [0, 0.05) is 5.92 Å². The van der Waals surface area contributed by atoms with Crippen LogP contribution in [0.2, 0.25) is 0 Å². The lowest BCUT2D eigenvalue weighted by atomic mass is 9.98. The van der Waals surface area contributed by atoms with Crippen molar-refractivity contribution in [3.05, 3.63) is 59.7 Å². The van der Waals surface area contributed by atoms with Crippen molar-refractivity contribution in [2.75, 3.05) is 19.9 Å². The van der Waals surface area contributed by atoms with Crippen LogP contribution in [0, 0.1) is 5.92 Å². The van der Waals surface area contributed by atoms with E-state index in [4.69, 9.17) is 9.47 Å². The van der Waals surface area contributed by atoms with E-state index in [0.717, 1.165) is 23.5 Å². The van der Waals surface area contributed by atoms with Crippen molar-refractivity contribution in [1.82, 2.24) is 10.6 Å². The molecular formula is C24H28N2O4. The Labute approximate surface area is 177 Å². The molecule has 2 N–H and O–H groups in total. The van der Waals surface area contributed by atoms with Crippen LogP contribution in [0.1, 0.15) is 43.2 Å². The predicted molar refractivity (Wildman–Crippen MR) is 114 cm³/mol. The Morgan fingerprint density at radius 1 is 1.00 bits per heavy atom. The lowest BCUT2D eigenvalue weighted by Gasteiger charge is -2.15. The first-order valence-corrected chi connectivity index (χ1v) is 10.6. The van der Waals surface area contributed by atoms with Gasteiger partial charge in [0.2, 0.25) is 5.91 Å². The Morgan fingerprint density at radius 3 is 2.27 bits per heavy atom. The molecule has 2 aliphatic carbocycles. The number of rotatable bonds is 9. The molecular weight excluding hydrogens is 380 g/mol. The van der Waals surface area contributed by atoms with E-state index in [1.807, 2.05) is 31.2 Å². The van der Waals surface area contributed by atoms with Crippen LogP contribution in [-0.2, 0) is 14.3 Å². The average molecular weight is 408 g/mol. The molecule has 0 heterocycles. The molecule has 0 radical (unpaired) electrons. The molecule has 0 saturated heterocycles. The highest BCUT2D eigenvalue weighted by atomic mass is 16.5. The molecule has 2 aliphatic rings. The topological polar surface area (TPSA) is 76.7 Å². The van der Waals surface area contributed by atoms with Crippen molar-refractivity contribution in [3.63, 3.8) is 0 Å². The maximum absolute atomic E-state index is 12.1. The summed E-state index contributed by atoms with van der Waals surface area (Å²) in [4.78, 5) is 24.0. The number of carbonyl (C=O) groups is 2. The Balaban J connectivity index is 1.20. The second kappa shape index (κ2) is 9.30. The molecule has 0 bridgehead atoms. The van der Waals surface area contributed by atoms with Crippen LogP contribution >= 0.6 is 0 Å². The van der Waals surface area contributed by atoms with E-state index in [1.54, 1.807) is 0 Å². The summed E-state index contributed by atoms with van der Waals surface area (Å²) in [6.45, 7) is 2.25. The van der Waals surface area contributed by atoms with E-state index >= 15 is 0 Å². The first kappa shape index (κ1) is 20.4. The second-order valence-corrected chi connectivity index (χ2v) is 8.08. The van der Waals surface area contributed by atoms with Crippen molar-refractivity contribution in [1.29, 1.82) is 0 Å². The summed E-state index contributed by atoms with van der Waals surface area (Å²) in [6.07, 6.45) is 3.13. The fourth-order valence-electron chi connectivity index (χ4n) is 4.02. The Hall–Kier alpha value is -2.86. The number of nitrogens with one attached hydrogen (secondary N) is 2. The molecule has 4 rings (SSSR count). The second-order valence-electron chi connectivity index (χ2n) is 8.08. The van der Waals surface area contributed by atoms with Crippen molar-refractivity contribution < 1.29 is 19.1 Å². The monoisotopic (exact) mass is 408 g/mol. The zero-order valence-electron chi connectivity index (χ0n) is 17.2. The molecule has 2 amide bonds. The van der Waals surface area contributed by atoms with Crippen LogP contribution in [0.4, 0.5) is 4.79 Å². The van der Waals surface area contributed by atoms with E-state index in [2.05, 4.69) is 34.9 Å². The highest BCUT2D eigenvalue weighted by molar-refractivity contribution is 5.82. The van der Waals surface area contributed by atoms with Crippen LogP contribution in [0.15, 0.2) is 48.5 Å². The first-order chi connectivity index (χ1) is 14.6. The molecule has 2 aromatic carbocycles. The maximum Gasteiger partial charge on any atom is 0.407 e. The van der Waals surface area contributed by atoms with Crippen molar-refractivity contribution in [2.24, 2.45) is 5.92 Å². The number of alkyl carbamates (subject to hydrolysis) is 1. The van der Waals surface area contributed by atoms with E-state index in [0.29, 0.717) is 0 Å². The summed E-state index contributed by atoms with van der Waals surface area (Å²) in [5.74, 6) is 0.478. The minimum absolute atomic E-state index is 0.00154. The molecule has 30 heavy (non-hydrogen) atoms. The normalized spacial score (nSPS) is 15.8. The van der Waals surface area contributed by atoms with E-state index < -0.39 is 6.09 Å². The zero-order chi connectivity index (χ0) is 20.9. The molecule has 0 aliphatic heterocycles. The number of hydrogen-bond acceptors (Lipinski definition) is 4. The molecule has 6 heteroatoms. The summed E-state index contributed by atoms with van der Waals surface area (Å²) in [5, 5.41) is 5.16. The lowest BCUT2D eigenvalue weighted by molar-refractivity contribution is -0.122. The number of carbonyl (C=O) groups excluding carboxylic acids is 2. The van der Waals surface area contributed by atoms with Crippen LogP contribution in [0.3, 0.4) is 0 Å². The first-order valence-electron chi connectivity index (χ1n) is 10.6. The van der Waals surface area contributed by atoms with Crippen LogP contribution in [0.25, 0.3) is 11.1 Å². The summed E-state index contributed by atoms with van der Waals surface area (Å²) in [7, 11) is 0. The van der Waals surface area contributed by atoms with Gasteiger partial charge in [0.05, 0.1) is 6.10 Å². The smallest absolute Gasteiger partial charge is 0.407 e.